The Kier molecular flexibility index (Phi) is 4.97. The molecule has 3 heterocycles. The lowest BCUT2D eigenvalue weighted by Crippen LogP contribution is -2.31. The summed E-state index contributed by atoms with van der Waals surface area (Å²) in [4.78, 5) is 15.0. The van der Waals surface area contributed by atoms with Crippen LogP contribution < -0.4 is 0 Å². The molecule has 0 spiro atoms. The molecule has 4 aliphatic rings. The molecular formula is C33H28N4. The summed E-state index contributed by atoms with van der Waals surface area (Å²) >= 11 is 0. The van der Waals surface area contributed by atoms with E-state index in [1.165, 1.54) is 22.2 Å². The molecule has 0 bridgehead atoms. The third kappa shape index (κ3) is 3.32. The molecule has 2 unspecified atom stereocenters. The van der Waals surface area contributed by atoms with Gasteiger partial charge in [-0.15, -0.1) is 0 Å². The smallest absolute Gasteiger partial charge is 0.142 e. The Balaban J connectivity index is 1.34. The van der Waals surface area contributed by atoms with E-state index in [4.69, 9.17) is 15.0 Å². The second-order valence-corrected chi connectivity index (χ2v) is 10.1. The van der Waals surface area contributed by atoms with Gasteiger partial charge in [-0.1, -0.05) is 85.0 Å². The summed E-state index contributed by atoms with van der Waals surface area (Å²) in [5.74, 6) is 1.52. The Morgan fingerprint density at radius 2 is 1.97 bits per heavy atom. The summed E-state index contributed by atoms with van der Waals surface area (Å²) in [6, 6.07) is 17.3. The summed E-state index contributed by atoms with van der Waals surface area (Å²) in [5, 5.41) is 0. The van der Waals surface area contributed by atoms with Crippen LogP contribution in [0.1, 0.15) is 37.8 Å². The number of aliphatic imine (C=N–C) groups is 2. The lowest BCUT2D eigenvalue weighted by atomic mass is 9.79. The van der Waals surface area contributed by atoms with Gasteiger partial charge in [0.05, 0.1) is 34.2 Å². The van der Waals surface area contributed by atoms with Crippen molar-refractivity contribution in [1.82, 2.24) is 9.55 Å². The van der Waals surface area contributed by atoms with Gasteiger partial charge in [0.25, 0.3) is 0 Å². The molecule has 37 heavy (non-hydrogen) atoms. The van der Waals surface area contributed by atoms with Crippen molar-refractivity contribution in [3.63, 3.8) is 0 Å². The lowest BCUT2D eigenvalue weighted by molar-refractivity contribution is 0.546. The molecule has 0 saturated carbocycles. The average Bonchev–Trinajstić information content (AvgIpc) is 3.33. The summed E-state index contributed by atoms with van der Waals surface area (Å²) < 4.78 is 2.40. The molecule has 2 aromatic carbocycles. The summed E-state index contributed by atoms with van der Waals surface area (Å²) in [7, 11) is 0. The number of hydrogen-bond donors (Lipinski definition) is 0. The van der Waals surface area contributed by atoms with Crippen LogP contribution in [-0.4, -0.2) is 21.0 Å². The zero-order valence-corrected chi connectivity index (χ0v) is 21.1. The van der Waals surface area contributed by atoms with Crippen molar-refractivity contribution in [2.45, 2.75) is 32.2 Å². The number of para-hydroxylation sites is 2. The fraction of sp³-hybridized carbons (Fsp3) is 0.182. The number of benzene rings is 2. The molecule has 0 saturated heterocycles. The van der Waals surface area contributed by atoms with E-state index in [-0.39, 0.29) is 17.9 Å². The topological polar surface area (TPSA) is 42.5 Å². The Bertz CT molecular complexity index is 1700. The highest BCUT2D eigenvalue weighted by molar-refractivity contribution is 6.51. The Hall–Kier alpha value is -4.31. The Morgan fingerprint density at radius 3 is 2.86 bits per heavy atom. The highest BCUT2D eigenvalue weighted by Gasteiger charge is 2.35. The van der Waals surface area contributed by atoms with Gasteiger partial charge in [-0.05, 0) is 49.1 Å². The van der Waals surface area contributed by atoms with E-state index in [2.05, 4.69) is 110 Å². The zero-order valence-electron chi connectivity index (χ0n) is 21.1. The molecule has 7 rings (SSSR count). The molecule has 4 heteroatoms. The van der Waals surface area contributed by atoms with Crippen molar-refractivity contribution in [1.29, 1.82) is 0 Å². The van der Waals surface area contributed by atoms with Gasteiger partial charge in [0, 0.05) is 23.6 Å². The quantitative estimate of drug-likeness (QED) is 0.371. The molecule has 0 amide bonds. The first-order chi connectivity index (χ1) is 18.1. The van der Waals surface area contributed by atoms with Crippen molar-refractivity contribution >= 4 is 22.5 Å². The summed E-state index contributed by atoms with van der Waals surface area (Å²) in [6.07, 6.45) is 16.2. The SMILES string of the molecule is C=C1C=C(C)[C@@H]2CC=CN=C2/C1=N/C(=C\C)C1=CC2c3ccccc3-c3nc4ccccc4n3C2C=C1. The van der Waals surface area contributed by atoms with Crippen molar-refractivity contribution in [3.05, 3.63) is 126 Å². The van der Waals surface area contributed by atoms with Crippen LogP contribution in [0.4, 0.5) is 0 Å². The molecule has 0 fully saturated rings. The van der Waals surface area contributed by atoms with E-state index in [0.717, 1.165) is 46.0 Å². The maximum absolute atomic E-state index is 5.19. The average molecular weight is 481 g/mol. The number of nitrogens with zero attached hydrogens (tertiary/aromatic N) is 4. The first-order valence-electron chi connectivity index (χ1n) is 13.0. The van der Waals surface area contributed by atoms with Crippen molar-refractivity contribution in [2.75, 3.05) is 0 Å². The van der Waals surface area contributed by atoms with E-state index in [1.807, 2.05) is 6.20 Å². The normalized spacial score (nSPS) is 25.2. The van der Waals surface area contributed by atoms with E-state index in [1.54, 1.807) is 0 Å². The Morgan fingerprint density at radius 1 is 1.14 bits per heavy atom. The second kappa shape index (κ2) is 8.38. The van der Waals surface area contributed by atoms with Crippen molar-refractivity contribution in [2.24, 2.45) is 15.9 Å². The maximum Gasteiger partial charge on any atom is 0.142 e. The minimum atomic E-state index is 0.166. The predicted molar refractivity (Wildman–Crippen MR) is 153 cm³/mol. The van der Waals surface area contributed by atoms with Crippen LogP contribution in [0.5, 0.6) is 0 Å². The van der Waals surface area contributed by atoms with Gasteiger partial charge in [0.1, 0.15) is 5.82 Å². The molecule has 0 N–H and O–H groups in total. The van der Waals surface area contributed by atoms with Gasteiger partial charge in [-0.3, -0.25) is 4.99 Å². The zero-order chi connectivity index (χ0) is 25.1. The number of aromatic nitrogens is 2. The molecule has 0 radical (unpaired) electrons. The van der Waals surface area contributed by atoms with E-state index >= 15 is 0 Å². The van der Waals surface area contributed by atoms with E-state index in [9.17, 15) is 0 Å². The first-order valence-corrected chi connectivity index (χ1v) is 13.0. The van der Waals surface area contributed by atoms with E-state index in [0.29, 0.717) is 0 Å². The second-order valence-electron chi connectivity index (χ2n) is 10.1. The minimum absolute atomic E-state index is 0.166. The van der Waals surface area contributed by atoms with Gasteiger partial charge in [0.2, 0.25) is 0 Å². The van der Waals surface area contributed by atoms with E-state index < -0.39 is 0 Å². The maximum atomic E-state index is 5.19. The number of fused-ring (bicyclic) bond motifs is 9. The molecule has 180 valence electrons. The third-order valence-corrected chi connectivity index (χ3v) is 7.98. The number of hydrogen-bond acceptors (Lipinski definition) is 3. The standard InChI is InChI=1S/C33H28N4/c1-4-27(35-31-21(3)18-20(2)23-12-9-17-34-32(23)31)22-15-16-29-26(19-22)24-10-5-6-11-25(24)33-36-28-13-7-8-14-30(28)37(29)33/h4-11,13-19,23,26,29H,3,12H2,1-2H3/b27-4-,35-31+/t23-,26?,29?/m0/s1. The molecule has 2 aliphatic heterocycles. The van der Waals surface area contributed by atoms with Crippen LogP contribution in [0.2, 0.25) is 0 Å². The molecule has 3 aromatic rings. The highest BCUT2D eigenvalue weighted by atomic mass is 15.1. The van der Waals surface area contributed by atoms with Crippen LogP contribution in [0.3, 0.4) is 0 Å². The third-order valence-electron chi connectivity index (χ3n) is 7.98. The van der Waals surface area contributed by atoms with Gasteiger partial charge in [-0.25, -0.2) is 9.98 Å². The highest BCUT2D eigenvalue weighted by Crippen LogP contribution is 2.48. The van der Waals surface area contributed by atoms with Crippen LogP contribution in [0, 0.1) is 5.92 Å². The molecule has 1 aromatic heterocycles. The number of allylic oxidation sites excluding steroid dienone is 8. The van der Waals surface area contributed by atoms with Crippen LogP contribution in [0.15, 0.2) is 130 Å². The lowest BCUT2D eigenvalue weighted by Gasteiger charge is -2.35. The fourth-order valence-corrected chi connectivity index (χ4v) is 6.20. The fourth-order valence-electron chi connectivity index (χ4n) is 6.20. The number of imidazole rings is 1. The van der Waals surface area contributed by atoms with Crippen LogP contribution in [-0.2, 0) is 0 Å². The molecular weight excluding hydrogens is 452 g/mol. The van der Waals surface area contributed by atoms with Crippen LogP contribution >= 0.6 is 0 Å². The molecule has 3 atom stereocenters. The summed E-state index contributed by atoms with van der Waals surface area (Å²) in [6.45, 7) is 8.55. The van der Waals surface area contributed by atoms with Gasteiger partial charge in [-0.2, -0.15) is 0 Å². The van der Waals surface area contributed by atoms with Crippen LogP contribution in [0.25, 0.3) is 22.4 Å². The number of rotatable bonds is 2. The monoisotopic (exact) mass is 480 g/mol. The van der Waals surface area contributed by atoms with Gasteiger partial charge >= 0.3 is 0 Å². The Labute approximate surface area is 217 Å². The van der Waals surface area contributed by atoms with Crippen molar-refractivity contribution in [3.8, 4) is 11.4 Å². The molecule has 4 nitrogen and oxygen atoms in total. The van der Waals surface area contributed by atoms with Crippen molar-refractivity contribution < 1.29 is 0 Å². The minimum Gasteiger partial charge on any atom is -0.316 e. The van der Waals surface area contributed by atoms with Gasteiger partial charge in [0.15, 0.2) is 0 Å². The van der Waals surface area contributed by atoms with Gasteiger partial charge < -0.3 is 4.57 Å². The predicted octanol–water partition coefficient (Wildman–Crippen LogP) is 7.67. The molecule has 2 aliphatic carbocycles. The largest absolute Gasteiger partial charge is 0.316 e. The summed E-state index contributed by atoms with van der Waals surface area (Å²) in [5.41, 5.74) is 11.0. The first kappa shape index (κ1) is 21.9.